The van der Waals surface area contributed by atoms with E-state index in [4.69, 9.17) is 18.6 Å². The van der Waals surface area contributed by atoms with Gasteiger partial charge in [-0.15, -0.1) is 0 Å². The van der Waals surface area contributed by atoms with Crippen molar-refractivity contribution in [1.82, 2.24) is 4.90 Å². The van der Waals surface area contributed by atoms with Crippen molar-refractivity contribution in [3.8, 4) is 0 Å². The lowest BCUT2D eigenvalue weighted by Gasteiger charge is -2.43. The third kappa shape index (κ3) is 10.4. The van der Waals surface area contributed by atoms with E-state index in [1.165, 1.54) is 76.4 Å². The van der Waals surface area contributed by atoms with E-state index in [1.54, 1.807) is 0 Å². The normalized spacial score (nSPS) is 31.8. The van der Waals surface area contributed by atoms with E-state index in [0.29, 0.717) is 6.10 Å². The molecule has 0 aromatic carbocycles. The Morgan fingerprint density at radius 1 is 0.861 bits per heavy atom. The number of hydrogen-bond acceptors (Lipinski definition) is 6. The standard InChI is InChI=1S/C29H57NO5Si/c1-8-36(9-2,10-3)35-26-20-15-12-11-14-18-25(19-16-13-17-21-26)34-29-28(33-24(5)31)27(30(6)7)22-23(4)32-29/h23,25-29H,8-22H2,1-7H3. The number of hydrogen-bond donors (Lipinski definition) is 0. The summed E-state index contributed by atoms with van der Waals surface area (Å²) < 4.78 is 25.5. The molecule has 1 saturated carbocycles. The SMILES string of the molecule is CC[Si](CC)(CC)OC1CCCCCCC(OC2OC(C)CC(N(C)C)C2OC(C)=O)CCCCC1. The topological polar surface area (TPSA) is 57.2 Å². The van der Waals surface area contributed by atoms with E-state index in [0.717, 1.165) is 25.7 Å². The highest BCUT2D eigenvalue weighted by Gasteiger charge is 2.42. The number of carbonyl (C=O) groups is 1. The van der Waals surface area contributed by atoms with Crippen molar-refractivity contribution in [2.75, 3.05) is 14.1 Å². The van der Waals surface area contributed by atoms with E-state index in [-0.39, 0.29) is 24.2 Å². The molecule has 212 valence electrons. The Morgan fingerprint density at radius 2 is 1.36 bits per heavy atom. The van der Waals surface area contributed by atoms with Gasteiger partial charge in [-0.05, 0) is 71.3 Å². The largest absolute Gasteiger partial charge is 0.455 e. The van der Waals surface area contributed by atoms with E-state index in [1.807, 2.05) is 14.1 Å². The summed E-state index contributed by atoms with van der Waals surface area (Å²) in [5, 5.41) is 0. The van der Waals surface area contributed by atoms with Crippen LogP contribution in [0, 0.1) is 0 Å². The Bertz CT molecular complexity index is 606. The van der Waals surface area contributed by atoms with Crippen molar-refractivity contribution in [2.24, 2.45) is 0 Å². The van der Waals surface area contributed by atoms with Gasteiger partial charge in [-0.2, -0.15) is 0 Å². The van der Waals surface area contributed by atoms with Gasteiger partial charge in [-0.3, -0.25) is 4.79 Å². The Labute approximate surface area is 223 Å². The van der Waals surface area contributed by atoms with Crippen LogP contribution in [-0.2, 0) is 23.4 Å². The number of nitrogens with zero attached hydrogens (tertiary/aromatic N) is 1. The second-order valence-electron chi connectivity index (χ2n) is 11.5. The fourth-order valence-electron chi connectivity index (χ4n) is 6.06. The third-order valence-corrected chi connectivity index (χ3v) is 13.3. The zero-order valence-electron chi connectivity index (χ0n) is 24.6. The predicted octanol–water partition coefficient (Wildman–Crippen LogP) is 7.06. The van der Waals surface area contributed by atoms with Gasteiger partial charge < -0.3 is 23.5 Å². The van der Waals surface area contributed by atoms with Gasteiger partial charge in [0.25, 0.3) is 0 Å². The number of ether oxygens (including phenoxy) is 3. The molecule has 2 fully saturated rings. The van der Waals surface area contributed by atoms with Gasteiger partial charge in [0.2, 0.25) is 0 Å². The van der Waals surface area contributed by atoms with Crippen LogP contribution in [-0.4, -0.2) is 70.0 Å². The first-order valence-electron chi connectivity index (χ1n) is 15.1. The summed E-state index contributed by atoms with van der Waals surface area (Å²) in [6, 6.07) is 3.81. The Morgan fingerprint density at radius 3 is 1.83 bits per heavy atom. The molecular formula is C29H57NO5Si. The van der Waals surface area contributed by atoms with Gasteiger partial charge in [0.15, 0.2) is 20.7 Å². The zero-order chi connectivity index (χ0) is 26.6. The molecule has 0 aromatic rings. The Kier molecular flexibility index (Phi) is 14.5. The molecule has 1 saturated heterocycles. The van der Waals surface area contributed by atoms with E-state index >= 15 is 0 Å². The van der Waals surface area contributed by atoms with Crippen molar-refractivity contribution in [3.05, 3.63) is 0 Å². The highest BCUT2D eigenvalue weighted by molar-refractivity contribution is 6.73. The summed E-state index contributed by atoms with van der Waals surface area (Å²) in [5.41, 5.74) is 0. The molecule has 0 radical (unpaired) electrons. The van der Waals surface area contributed by atoms with Gasteiger partial charge in [-0.25, -0.2) is 0 Å². The lowest BCUT2D eigenvalue weighted by atomic mass is 9.98. The molecule has 1 aliphatic heterocycles. The van der Waals surface area contributed by atoms with Crippen molar-refractivity contribution < 1.29 is 23.4 Å². The summed E-state index contributed by atoms with van der Waals surface area (Å²) >= 11 is 0. The van der Waals surface area contributed by atoms with Crippen LogP contribution in [0.25, 0.3) is 0 Å². The summed E-state index contributed by atoms with van der Waals surface area (Å²) in [5.74, 6) is -0.272. The molecule has 6 atom stereocenters. The van der Waals surface area contributed by atoms with E-state index in [2.05, 4.69) is 32.6 Å². The quantitative estimate of drug-likeness (QED) is 0.236. The summed E-state index contributed by atoms with van der Waals surface area (Å²) in [6.45, 7) is 10.6. The minimum absolute atomic E-state index is 0.0749. The number of likely N-dealkylation sites (N-methyl/N-ethyl adjacent to an activating group) is 1. The molecule has 0 amide bonds. The minimum Gasteiger partial charge on any atom is -0.455 e. The summed E-state index contributed by atoms with van der Waals surface area (Å²) in [6.07, 6.45) is 13.7. The molecule has 2 rings (SSSR count). The molecule has 6 nitrogen and oxygen atoms in total. The monoisotopic (exact) mass is 527 g/mol. The zero-order valence-corrected chi connectivity index (χ0v) is 25.6. The lowest BCUT2D eigenvalue weighted by Crippen LogP contribution is -2.56. The summed E-state index contributed by atoms with van der Waals surface area (Å²) in [4.78, 5) is 14.0. The van der Waals surface area contributed by atoms with Crippen LogP contribution in [0.2, 0.25) is 18.1 Å². The maximum absolute atomic E-state index is 11.9. The smallest absolute Gasteiger partial charge is 0.303 e. The molecule has 1 aliphatic carbocycles. The number of rotatable bonds is 9. The Balaban J connectivity index is 1.99. The molecule has 36 heavy (non-hydrogen) atoms. The van der Waals surface area contributed by atoms with Crippen LogP contribution >= 0.6 is 0 Å². The van der Waals surface area contributed by atoms with Gasteiger partial charge in [0.1, 0.15) is 0 Å². The average Bonchev–Trinajstić information content (AvgIpc) is 2.86. The highest BCUT2D eigenvalue weighted by Crippen LogP contribution is 2.31. The van der Waals surface area contributed by atoms with Crippen LogP contribution in [0.4, 0.5) is 0 Å². The average molecular weight is 528 g/mol. The third-order valence-electron chi connectivity index (χ3n) is 8.58. The second kappa shape index (κ2) is 16.5. The molecule has 2 aliphatic rings. The first kappa shape index (κ1) is 31.7. The first-order valence-corrected chi connectivity index (χ1v) is 17.6. The molecule has 0 spiro atoms. The number of carbonyl (C=O) groups excluding carboxylic acids is 1. The maximum Gasteiger partial charge on any atom is 0.303 e. The molecule has 1 heterocycles. The highest BCUT2D eigenvalue weighted by atomic mass is 28.4. The summed E-state index contributed by atoms with van der Waals surface area (Å²) in [7, 11) is 2.53. The van der Waals surface area contributed by atoms with Crippen molar-refractivity contribution in [3.63, 3.8) is 0 Å². The van der Waals surface area contributed by atoms with Gasteiger partial charge in [-0.1, -0.05) is 65.7 Å². The molecule has 0 aromatic heterocycles. The molecule has 0 bridgehead atoms. The van der Waals surface area contributed by atoms with Crippen LogP contribution < -0.4 is 0 Å². The minimum atomic E-state index is -1.55. The van der Waals surface area contributed by atoms with E-state index in [9.17, 15) is 4.79 Å². The maximum atomic E-state index is 11.9. The van der Waals surface area contributed by atoms with Gasteiger partial charge in [0, 0.05) is 13.0 Å². The molecular weight excluding hydrogens is 470 g/mol. The van der Waals surface area contributed by atoms with Crippen molar-refractivity contribution >= 4 is 14.3 Å². The van der Waals surface area contributed by atoms with Gasteiger partial charge in [0.05, 0.1) is 18.2 Å². The predicted molar refractivity (Wildman–Crippen MR) is 150 cm³/mol. The van der Waals surface area contributed by atoms with Crippen LogP contribution in [0.3, 0.4) is 0 Å². The van der Waals surface area contributed by atoms with Crippen LogP contribution in [0.15, 0.2) is 0 Å². The first-order chi connectivity index (χ1) is 17.2. The Hall–Kier alpha value is -0.473. The van der Waals surface area contributed by atoms with E-state index < -0.39 is 20.7 Å². The van der Waals surface area contributed by atoms with Crippen molar-refractivity contribution in [1.29, 1.82) is 0 Å². The number of esters is 1. The van der Waals surface area contributed by atoms with Gasteiger partial charge >= 0.3 is 5.97 Å². The van der Waals surface area contributed by atoms with Crippen molar-refractivity contribution in [2.45, 2.75) is 167 Å². The fraction of sp³-hybridized carbons (Fsp3) is 0.966. The molecule has 0 N–H and O–H groups in total. The second-order valence-corrected chi connectivity index (χ2v) is 16.3. The molecule has 6 unspecified atom stereocenters. The van der Waals surface area contributed by atoms with Crippen LogP contribution in [0.1, 0.15) is 112 Å². The fourth-order valence-corrected chi connectivity index (χ4v) is 9.00. The molecule has 7 heteroatoms. The van der Waals surface area contributed by atoms with Crippen LogP contribution in [0.5, 0.6) is 0 Å². The lowest BCUT2D eigenvalue weighted by molar-refractivity contribution is -0.274.